The molecule has 0 saturated heterocycles. The fourth-order valence-electron chi connectivity index (χ4n) is 3.76. The van der Waals surface area contributed by atoms with Gasteiger partial charge >= 0.3 is 6.09 Å². The van der Waals surface area contributed by atoms with E-state index in [1.807, 2.05) is 73.6 Å². The Bertz CT molecular complexity index is 820. The Hall–Kier alpha value is -2.57. The standard InChI is InChI=1S/C26H43N3O4/c1-15(2)21(28-25(32)33-26(9,10)11)24(31)29(17(5)6)22(23(30)27-16(3)4)20-13-18(7)12-19(8)14-20/h12-17,21-22H,1-11H3,(H,27,30)(H,28,32). The largest absolute Gasteiger partial charge is 0.444 e. The van der Waals surface area contributed by atoms with Crippen molar-refractivity contribution in [1.29, 1.82) is 0 Å². The van der Waals surface area contributed by atoms with Crippen LogP contribution in [0.2, 0.25) is 0 Å². The Morgan fingerprint density at radius 3 is 1.79 bits per heavy atom. The summed E-state index contributed by atoms with van der Waals surface area (Å²) < 4.78 is 5.39. The van der Waals surface area contributed by atoms with Crippen LogP contribution >= 0.6 is 0 Å². The van der Waals surface area contributed by atoms with Crippen molar-refractivity contribution >= 4 is 17.9 Å². The number of nitrogens with one attached hydrogen (secondary N) is 2. The quantitative estimate of drug-likeness (QED) is 0.590. The van der Waals surface area contributed by atoms with Crippen LogP contribution in [0.3, 0.4) is 0 Å². The summed E-state index contributed by atoms with van der Waals surface area (Å²) in [6.45, 7) is 20.5. The summed E-state index contributed by atoms with van der Waals surface area (Å²) in [6, 6.07) is 3.85. The third kappa shape index (κ3) is 8.71. The Morgan fingerprint density at radius 1 is 0.879 bits per heavy atom. The van der Waals surface area contributed by atoms with Gasteiger partial charge in [0.25, 0.3) is 0 Å². The van der Waals surface area contributed by atoms with Crippen LogP contribution in [0, 0.1) is 19.8 Å². The number of benzene rings is 1. The highest BCUT2D eigenvalue weighted by atomic mass is 16.6. The lowest BCUT2D eigenvalue weighted by atomic mass is 9.95. The third-order valence-corrected chi connectivity index (χ3v) is 4.93. The molecule has 186 valence electrons. The summed E-state index contributed by atoms with van der Waals surface area (Å²) in [5.74, 6) is -0.787. The molecule has 0 fully saturated rings. The highest BCUT2D eigenvalue weighted by molar-refractivity contribution is 5.92. The number of hydrogen-bond donors (Lipinski definition) is 2. The number of aryl methyl sites for hydroxylation is 2. The van der Waals surface area contributed by atoms with Gasteiger partial charge in [-0.25, -0.2) is 4.79 Å². The lowest BCUT2D eigenvalue weighted by molar-refractivity contribution is -0.145. The molecule has 7 nitrogen and oxygen atoms in total. The van der Waals surface area contributed by atoms with Gasteiger partial charge in [-0.15, -0.1) is 0 Å². The minimum atomic E-state index is -0.845. The fraction of sp³-hybridized carbons (Fsp3) is 0.654. The fourth-order valence-corrected chi connectivity index (χ4v) is 3.76. The van der Waals surface area contributed by atoms with Crippen molar-refractivity contribution in [3.8, 4) is 0 Å². The number of carbonyl (C=O) groups excluding carboxylic acids is 3. The van der Waals surface area contributed by atoms with E-state index in [0.717, 1.165) is 16.7 Å². The van der Waals surface area contributed by atoms with Gasteiger partial charge in [-0.3, -0.25) is 9.59 Å². The van der Waals surface area contributed by atoms with Crippen LogP contribution in [0.25, 0.3) is 0 Å². The summed E-state index contributed by atoms with van der Waals surface area (Å²) in [6.07, 6.45) is -0.659. The van der Waals surface area contributed by atoms with Gasteiger partial charge in [0.2, 0.25) is 11.8 Å². The third-order valence-electron chi connectivity index (χ3n) is 4.93. The molecule has 0 radical (unpaired) electrons. The lowest BCUT2D eigenvalue weighted by Gasteiger charge is -2.38. The first-order valence-electron chi connectivity index (χ1n) is 11.7. The van der Waals surface area contributed by atoms with E-state index in [1.54, 1.807) is 25.7 Å². The first-order valence-corrected chi connectivity index (χ1v) is 11.7. The zero-order chi connectivity index (χ0) is 25.7. The van der Waals surface area contributed by atoms with Crippen molar-refractivity contribution in [3.63, 3.8) is 0 Å². The van der Waals surface area contributed by atoms with Crippen LogP contribution < -0.4 is 10.6 Å². The minimum Gasteiger partial charge on any atom is -0.444 e. The molecule has 2 atom stereocenters. The average molecular weight is 462 g/mol. The normalized spacial score (nSPS) is 13.6. The molecule has 2 N–H and O–H groups in total. The Morgan fingerprint density at radius 2 is 1.39 bits per heavy atom. The summed E-state index contributed by atoms with van der Waals surface area (Å²) in [4.78, 5) is 41.4. The van der Waals surface area contributed by atoms with E-state index in [-0.39, 0.29) is 29.8 Å². The summed E-state index contributed by atoms with van der Waals surface area (Å²) >= 11 is 0. The SMILES string of the molecule is Cc1cc(C)cc(C(C(=O)NC(C)C)N(C(=O)C(NC(=O)OC(C)(C)C)C(C)C)C(C)C)c1. The van der Waals surface area contributed by atoms with Crippen molar-refractivity contribution in [3.05, 3.63) is 34.9 Å². The van der Waals surface area contributed by atoms with Crippen LogP contribution in [0.5, 0.6) is 0 Å². The van der Waals surface area contributed by atoms with Crippen molar-refractivity contribution < 1.29 is 19.1 Å². The molecule has 33 heavy (non-hydrogen) atoms. The van der Waals surface area contributed by atoms with E-state index < -0.39 is 23.8 Å². The maximum absolute atomic E-state index is 13.9. The van der Waals surface area contributed by atoms with Gasteiger partial charge in [-0.2, -0.15) is 0 Å². The molecule has 1 aromatic carbocycles. The van der Waals surface area contributed by atoms with Crippen LogP contribution in [0.15, 0.2) is 18.2 Å². The molecular weight excluding hydrogens is 418 g/mol. The van der Waals surface area contributed by atoms with E-state index in [2.05, 4.69) is 10.6 Å². The molecule has 2 unspecified atom stereocenters. The maximum Gasteiger partial charge on any atom is 0.408 e. The van der Waals surface area contributed by atoms with Gasteiger partial charge in [0.15, 0.2) is 0 Å². The van der Waals surface area contributed by atoms with Crippen LogP contribution in [0.4, 0.5) is 4.79 Å². The predicted molar refractivity (Wildman–Crippen MR) is 132 cm³/mol. The second kappa shape index (κ2) is 11.5. The summed E-state index contributed by atoms with van der Waals surface area (Å²) in [5, 5.41) is 5.70. The smallest absolute Gasteiger partial charge is 0.408 e. The van der Waals surface area contributed by atoms with Crippen LogP contribution in [0.1, 0.15) is 85.0 Å². The van der Waals surface area contributed by atoms with Gasteiger partial charge in [0.05, 0.1) is 0 Å². The number of amides is 3. The van der Waals surface area contributed by atoms with Gasteiger partial charge in [-0.1, -0.05) is 43.2 Å². The van der Waals surface area contributed by atoms with Crippen molar-refractivity contribution in [2.75, 3.05) is 0 Å². The molecule has 1 rings (SSSR count). The van der Waals surface area contributed by atoms with E-state index in [0.29, 0.717) is 0 Å². The van der Waals surface area contributed by atoms with Crippen LogP contribution in [-0.4, -0.2) is 46.5 Å². The molecule has 0 aromatic heterocycles. The molecule has 1 aromatic rings. The predicted octanol–water partition coefficient (Wildman–Crippen LogP) is 4.66. The Balaban J connectivity index is 3.49. The molecule has 0 bridgehead atoms. The molecule has 0 aliphatic heterocycles. The van der Waals surface area contributed by atoms with Gasteiger partial charge in [-0.05, 0) is 73.8 Å². The molecule has 0 aliphatic rings. The molecule has 0 aliphatic carbocycles. The number of ether oxygens (including phenoxy) is 1. The second-order valence-electron chi connectivity index (χ2n) is 10.7. The maximum atomic E-state index is 13.9. The van der Waals surface area contributed by atoms with Gasteiger partial charge in [0.1, 0.15) is 17.7 Å². The highest BCUT2D eigenvalue weighted by Gasteiger charge is 2.39. The number of hydrogen-bond acceptors (Lipinski definition) is 4. The molecule has 0 saturated carbocycles. The second-order valence-corrected chi connectivity index (χ2v) is 10.7. The van der Waals surface area contributed by atoms with E-state index in [4.69, 9.17) is 4.74 Å². The molecule has 0 heterocycles. The lowest BCUT2D eigenvalue weighted by Crippen LogP contribution is -2.57. The first-order chi connectivity index (χ1) is 15.0. The molecule has 3 amide bonds. The number of nitrogens with zero attached hydrogens (tertiary/aromatic N) is 1. The first kappa shape index (κ1) is 28.5. The Labute approximate surface area is 199 Å². The van der Waals surface area contributed by atoms with Crippen molar-refractivity contribution in [2.45, 2.75) is 106 Å². The average Bonchev–Trinajstić information content (AvgIpc) is 2.59. The number of alkyl carbamates (subject to hydrolysis) is 1. The highest BCUT2D eigenvalue weighted by Crippen LogP contribution is 2.28. The number of rotatable bonds is 8. The van der Waals surface area contributed by atoms with Crippen molar-refractivity contribution in [2.24, 2.45) is 5.92 Å². The number of carbonyl (C=O) groups is 3. The van der Waals surface area contributed by atoms with E-state index in [1.165, 1.54) is 0 Å². The summed E-state index contributed by atoms with van der Waals surface area (Å²) in [7, 11) is 0. The van der Waals surface area contributed by atoms with Crippen molar-refractivity contribution in [1.82, 2.24) is 15.5 Å². The molecule has 0 spiro atoms. The summed E-state index contributed by atoms with van der Waals surface area (Å²) in [5.41, 5.74) is 2.07. The molecule has 7 heteroatoms. The monoisotopic (exact) mass is 461 g/mol. The van der Waals surface area contributed by atoms with Gasteiger partial charge < -0.3 is 20.3 Å². The Kier molecular flexibility index (Phi) is 9.94. The van der Waals surface area contributed by atoms with E-state index >= 15 is 0 Å². The van der Waals surface area contributed by atoms with Crippen LogP contribution in [-0.2, 0) is 14.3 Å². The minimum absolute atomic E-state index is 0.0872. The zero-order valence-electron chi connectivity index (χ0n) is 22.2. The zero-order valence-corrected chi connectivity index (χ0v) is 22.2. The molecular formula is C26H43N3O4. The topological polar surface area (TPSA) is 87.7 Å². The van der Waals surface area contributed by atoms with Gasteiger partial charge in [0, 0.05) is 12.1 Å². The van der Waals surface area contributed by atoms with E-state index in [9.17, 15) is 14.4 Å².